The molecule has 0 bridgehead atoms. The summed E-state index contributed by atoms with van der Waals surface area (Å²) in [6, 6.07) is 14.4. The first-order chi connectivity index (χ1) is 10.1. The molecule has 0 unspecified atom stereocenters. The normalized spacial score (nSPS) is 10.6. The molecule has 21 heavy (non-hydrogen) atoms. The second kappa shape index (κ2) is 7.72. The van der Waals surface area contributed by atoms with Crippen molar-refractivity contribution in [1.82, 2.24) is 5.32 Å². The zero-order valence-corrected chi connectivity index (χ0v) is 12.6. The molecule has 0 spiro atoms. The van der Waals surface area contributed by atoms with Crippen molar-refractivity contribution in [2.24, 2.45) is 0 Å². The van der Waals surface area contributed by atoms with Crippen molar-refractivity contribution in [2.45, 2.75) is 6.61 Å². The number of nitrogens with one attached hydrogen (secondary N) is 1. The zero-order chi connectivity index (χ0) is 15.1. The van der Waals surface area contributed by atoms with Crippen LogP contribution < -0.4 is 5.32 Å². The van der Waals surface area contributed by atoms with Gasteiger partial charge in [0, 0.05) is 21.8 Å². The van der Waals surface area contributed by atoms with Gasteiger partial charge in [0.25, 0.3) is 0 Å². The van der Waals surface area contributed by atoms with Gasteiger partial charge in [0.1, 0.15) is 6.61 Å². The fourth-order valence-electron chi connectivity index (χ4n) is 1.58. The molecular formula is C16H13Cl2NO2. The summed E-state index contributed by atoms with van der Waals surface area (Å²) in [6.45, 7) is 0.125. The summed E-state index contributed by atoms with van der Waals surface area (Å²) >= 11 is 11.8. The molecule has 2 aromatic carbocycles. The number of benzene rings is 2. The van der Waals surface area contributed by atoms with Crippen molar-refractivity contribution in [3.05, 3.63) is 75.9 Å². The number of hydrogen-bond acceptors (Lipinski definition) is 2. The maximum Gasteiger partial charge on any atom is 0.411 e. The molecule has 0 saturated carbocycles. The molecule has 0 saturated heterocycles. The number of alkyl carbamates (subject to hydrolysis) is 1. The molecule has 0 aliphatic rings. The lowest BCUT2D eigenvalue weighted by molar-refractivity contribution is 0.143. The topological polar surface area (TPSA) is 38.3 Å². The Balaban J connectivity index is 1.80. The lowest BCUT2D eigenvalue weighted by Gasteiger charge is -2.05. The van der Waals surface area contributed by atoms with Crippen LogP contribution in [-0.2, 0) is 11.3 Å². The molecular weight excluding hydrogens is 309 g/mol. The van der Waals surface area contributed by atoms with Crippen LogP contribution in [0.25, 0.3) is 6.08 Å². The first-order valence-corrected chi connectivity index (χ1v) is 6.99. The van der Waals surface area contributed by atoms with Crippen LogP contribution in [0.3, 0.4) is 0 Å². The Morgan fingerprint density at radius 1 is 1.10 bits per heavy atom. The van der Waals surface area contributed by atoms with Gasteiger partial charge in [-0.1, -0.05) is 53.5 Å². The fourth-order valence-corrected chi connectivity index (χ4v) is 1.90. The van der Waals surface area contributed by atoms with E-state index in [9.17, 15) is 4.79 Å². The van der Waals surface area contributed by atoms with E-state index >= 15 is 0 Å². The van der Waals surface area contributed by atoms with Crippen LogP contribution in [0, 0.1) is 0 Å². The molecule has 0 aromatic heterocycles. The Morgan fingerprint density at radius 2 is 1.81 bits per heavy atom. The predicted octanol–water partition coefficient (Wildman–Crippen LogP) is 4.89. The predicted molar refractivity (Wildman–Crippen MR) is 85.3 cm³/mol. The van der Waals surface area contributed by atoms with Crippen molar-refractivity contribution in [1.29, 1.82) is 0 Å². The number of carbonyl (C=O) groups is 1. The molecule has 0 radical (unpaired) electrons. The standard InChI is InChI=1S/C16H13Cl2NO2/c17-14-7-5-12(6-8-14)9-10-19-16(20)21-11-13-3-1-2-4-15(13)18/h1-10H,11H2,(H,19,20). The van der Waals surface area contributed by atoms with Crippen LogP contribution in [0.15, 0.2) is 54.7 Å². The lowest BCUT2D eigenvalue weighted by atomic mass is 10.2. The average Bonchev–Trinajstić information content (AvgIpc) is 2.48. The van der Waals surface area contributed by atoms with Crippen molar-refractivity contribution in [3.63, 3.8) is 0 Å². The molecule has 0 atom stereocenters. The Hall–Kier alpha value is -1.97. The van der Waals surface area contributed by atoms with E-state index in [-0.39, 0.29) is 6.61 Å². The van der Waals surface area contributed by atoms with E-state index in [1.165, 1.54) is 6.20 Å². The van der Waals surface area contributed by atoms with Gasteiger partial charge in [-0.3, -0.25) is 5.32 Å². The first-order valence-electron chi connectivity index (χ1n) is 6.24. The second-order valence-corrected chi connectivity index (χ2v) is 5.04. The van der Waals surface area contributed by atoms with Gasteiger partial charge < -0.3 is 4.74 Å². The molecule has 0 aliphatic heterocycles. The summed E-state index contributed by atoms with van der Waals surface area (Å²) < 4.78 is 5.06. The highest BCUT2D eigenvalue weighted by molar-refractivity contribution is 6.31. The highest BCUT2D eigenvalue weighted by atomic mass is 35.5. The zero-order valence-electron chi connectivity index (χ0n) is 11.1. The summed E-state index contributed by atoms with van der Waals surface area (Å²) in [4.78, 5) is 11.5. The van der Waals surface area contributed by atoms with Crippen molar-refractivity contribution in [3.8, 4) is 0 Å². The summed E-state index contributed by atoms with van der Waals surface area (Å²) in [7, 11) is 0. The Morgan fingerprint density at radius 3 is 2.52 bits per heavy atom. The molecule has 2 rings (SSSR count). The summed E-state index contributed by atoms with van der Waals surface area (Å²) in [5.41, 5.74) is 1.68. The van der Waals surface area contributed by atoms with E-state index in [0.29, 0.717) is 10.0 Å². The van der Waals surface area contributed by atoms with Gasteiger partial charge in [-0.2, -0.15) is 0 Å². The van der Waals surface area contributed by atoms with Gasteiger partial charge in [-0.05, 0) is 29.8 Å². The Labute approximate surface area is 133 Å². The minimum absolute atomic E-state index is 0.125. The second-order valence-electron chi connectivity index (χ2n) is 4.20. The molecule has 0 fully saturated rings. The smallest absolute Gasteiger partial charge is 0.411 e. The molecule has 0 aliphatic carbocycles. The summed E-state index contributed by atoms with van der Waals surface area (Å²) in [6.07, 6.45) is 2.71. The van der Waals surface area contributed by atoms with Crippen LogP contribution in [0.4, 0.5) is 4.79 Å². The van der Waals surface area contributed by atoms with Crippen LogP contribution in [0.1, 0.15) is 11.1 Å². The number of rotatable bonds is 4. The third-order valence-electron chi connectivity index (χ3n) is 2.66. The van der Waals surface area contributed by atoms with Crippen LogP contribution in [0.5, 0.6) is 0 Å². The third-order valence-corrected chi connectivity index (χ3v) is 3.28. The number of halogens is 2. The molecule has 1 N–H and O–H groups in total. The summed E-state index contributed by atoms with van der Waals surface area (Å²) in [5, 5.41) is 3.75. The fraction of sp³-hybridized carbons (Fsp3) is 0.0625. The van der Waals surface area contributed by atoms with Crippen LogP contribution >= 0.6 is 23.2 Å². The maximum atomic E-state index is 11.5. The first kappa shape index (κ1) is 15.4. The molecule has 108 valence electrons. The van der Waals surface area contributed by atoms with Gasteiger partial charge in [0.05, 0.1) is 0 Å². The minimum Gasteiger partial charge on any atom is -0.444 e. The van der Waals surface area contributed by atoms with E-state index in [2.05, 4.69) is 5.32 Å². The molecule has 0 heterocycles. The number of amides is 1. The molecule has 1 amide bonds. The molecule has 2 aromatic rings. The molecule has 5 heteroatoms. The van der Waals surface area contributed by atoms with Crippen LogP contribution in [0.2, 0.25) is 10.0 Å². The van der Waals surface area contributed by atoms with Gasteiger partial charge in [-0.25, -0.2) is 4.79 Å². The number of ether oxygens (including phenoxy) is 1. The SMILES string of the molecule is O=C(NC=Cc1ccc(Cl)cc1)OCc1ccccc1Cl. The van der Waals surface area contributed by atoms with Gasteiger partial charge in [-0.15, -0.1) is 0 Å². The molecule has 3 nitrogen and oxygen atoms in total. The van der Waals surface area contributed by atoms with Crippen molar-refractivity contribution >= 4 is 35.4 Å². The van der Waals surface area contributed by atoms with E-state index in [1.54, 1.807) is 30.3 Å². The van der Waals surface area contributed by atoms with Crippen LogP contribution in [-0.4, -0.2) is 6.09 Å². The number of hydrogen-bond donors (Lipinski definition) is 1. The highest BCUT2D eigenvalue weighted by Crippen LogP contribution is 2.15. The van der Waals surface area contributed by atoms with E-state index in [4.69, 9.17) is 27.9 Å². The van der Waals surface area contributed by atoms with Gasteiger partial charge >= 0.3 is 6.09 Å². The van der Waals surface area contributed by atoms with E-state index in [0.717, 1.165) is 11.1 Å². The van der Waals surface area contributed by atoms with E-state index < -0.39 is 6.09 Å². The minimum atomic E-state index is -0.542. The quantitative estimate of drug-likeness (QED) is 0.870. The largest absolute Gasteiger partial charge is 0.444 e. The van der Waals surface area contributed by atoms with Crippen molar-refractivity contribution in [2.75, 3.05) is 0 Å². The highest BCUT2D eigenvalue weighted by Gasteiger charge is 2.03. The Kier molecular flexibility index (Phi) is 5.67. The third kappa shape index (κ3) is 5.14. The monoisotopic (exact) mass is 321 g/mol. The summed E-state index contributed by atoms with van der Waals surface area (Å²) in [5.74, 6) is 0. The average molecular weight is 322 g/mol. The maximum absolute atomic E-state index is 11.5. The lowest BCUT2D eigenvalue weighted by Crippen LogP contribution is -2.18. The number of carbonyl (C=O) groups excluding carboxylic acids is 1. The van der Waals surface area contributed by atoms with Gasteiger partial charge in [0.15, 0.2) is 0 Å². The van der Waals surface area contributed by atoms with Gasteiger partial charge in [0.2, 0.25) is 0 Å². The van der Waals surface area contributed by atoms with Crippen molar-refractivity contribution < 1.29 is 9.53 Å². The van der Waals surface area contributed by atoms with E-state index in [1.807, 2.05) is 24.3 Å². The Bertz CT molecular complexity index is 639.